The number of rotatable bonds is 5. The number of halogens is 1. The lowest BCUT2D eigenvalue weighted by Gasteiger charge is -2.08. The lowest BCUT2D eigenvalue weighted by molar-refractivity contribution is -0.119. The maximum absolute atomic E-state index is 11.4. The zero-order valence-electron chi connectivity index (χ0n) is 12.3. The normalized spacial score (nSPS) is 13.3. The van der Waals surface area contributed by atoms with E-state index in [-0.39, 0.29) is 42.4 Å². The molecule has 2 rings (SSSR count). The Morgan fingerprint density at radius 1 is 1.33 bits per heavy atom. The molecule has 0 fully saturated rings. The van der Waals surface area contributed by atoms with E-state index in [1.165, 1.54) is 17.5 Å². The van der Waals surface area contributed by atoms with E-state index in [2.05, 4.69) is 27.8 Å². The van der Waals surface area contributed by atoms with Crippen molar-refractivity contribution in [1.29, 1.82) is 0 Å². The molecule has 1 aliphatic rings. The molecule has 0 radical (unpaired) electrons. The number of aryl methyl sites for hydroxylation is 2. The van der Waals surface area contributed by atoms with Gasteiger partial charge in [0.05, 0.1) is 0 Å². The summed E-state index contributed by atoms with van der Waals surface area (Å²) >= 11 is 0. The van der Waals surface area contributed by atoms with Crippen LogP contribution in [0.1, 0.15) is 30.9 Å². The number of carbonyl (C=O) groups excluding carboxylic acids is 1. The van der Waals surface area contributed by atoms with E-state index < -0.39 is 0 Å². The summed E-state index contributed by atoms with van der Waals surface area (Å²) in [6, 6.07) is 6.25. The lowest BCUT2D eigenvalue weighted by atomic mass is 10.1. The number of anilines is 1. The van der Waals surface area contributed by atoms with Gasteiger partial charge in [-0.25, -0.2) is 4.99 Å². The van der Waals surface area contributed by atoms with E-state index in [0.29, 0.717) is 6.54 Å². The van der Waals surface area contributed by atoms with Gasteiger partial charge < -0.3 is 16.4 Å². The molecule has 0 unspecified atom stereocenters. The number of hydrogen-bond donors (Lipinski definition) is 3. The molecule has 21 heavy (non-hydrogen) atoms. The van der Waals surface area contributed by atoms with Crippen LogP contribution in [0.2, 0.25) is 0 Å². The highest BCUT2D eigenvalue weighted by atomic mass is 127. The van der Waals surface area contributed by atoms with Gasteiger partial charge in [-0.2, -0.15) is 0 Å². The highest BCUT2D eigenvalue weighted by molar-refractivity contribution is 14.0. The van der Waals surface area contributed by atoms with E-state index in [4.69, 9.17) is 5.73 Å². The Kier molecular flexibility index (Phi) is 7.49. The molecule has 0 spiro atoms. The Morgan fingerprint density at radius 2 is 2.10 bits per heavy atom. The first-order chi connectivity index (χ1) is 9.69. The Labute approximate surface area is 142 Å². The van der Waals surface area contributed by atoms with Crippen molar-refractivity contribution in [2.45, 2.75) is 32.6 Å². The third kappa shape index (κ3) is 5.53. The minimum atomic E-state index is -0.106. The molecule has 0 heterocycles. The summed E-state index contributed by atoms with van der Waals surface area (Å²) in [6.45, 7) is 2.74. The zero-order valence-corrected chi connectivity index (χ0v) is 14.6. The van der Waals surface area contributed by atoms with Crippen molar-refractivity contribution in [3.05, 3.63) is 29.3 Å². The molecule has 1 aromatic rings. The number of guanidine groups is 1. The summed E-state index contributed by atoms with van der Waals surface area (Å²) in [4.78, 5) is 15.4. The molecule has 0 bridgehead atoms. The topological polar surface area (TPSA) is 79.5 Å². The van der Waals surface area contributed by atoms with Crippen molar-refractivity contribution in [1.82, 2.24) is 5.32 Å². The molecule has 5 nitrogen and oxygen atoms in total. The highest BCUT2D eigenvalue weighted by Crippen LogP contribution is 2.24. The third-order valence-corrected chi connectivity index (χ3v) is 3.34. The van der Waals surface area contributed by atoms with Crippen molar-refractivity contribution in [3.8, 4) is 0 Å². The number of carbonyl (C=O) groups is 1. The van der Waals surface area contributed by atoms with Crippen molar-refractivity contribution >= 4 is 41.5 Å². The number of amides is 1. The largest absolute Gasteiger partial charge is 0.370 e. The minimum absolute atomic E-state index is 0. The maximum atomic E-state index is 11.4. The number of hydrogen-bond acceptors (Lipinski definition) is 2. The van der Waals surface area contributed by atoms with E-state index in [9.17, 15) is 4.79 Å². The first kappa shape index (κ1) is 17.7. The second-order valence-corrected chi connectivity index (χ2v) is 5.01. The van der Waals surface area contributed by atoms with Crippen LogP contribution in [0.4, 0.5) is 5.69 Å². The first-order valence-corrected chi connectivity index (χ1v) is 7.14. The van der Waals surface area contributed by atoms with Gasteiger partial charge in [0.2, 0.25) is 5.91 Å². The van der Waals surface area contributed by atoms with E-state index in [1.54, 1.807) is 0 Å². The predicted octanol–water partition coefficient (Wildman–Crippen LogP) is 2.05. The molecule has 6 heteroatoms. The number of benzene rings is 1. The van der Waals surface area contributed by atoms with E-state index in [1.807, 2.05) is 13.0 Å². The van der Waals surface area contributed by atoms with Crippen molar-refractivity contribution in [2.75, 3.05) is 18.4 Å². The number of nitrogens with one attached hydrogen (secondary N) is 2. The minimum Gasteiger partial charge on any atom is -0.370 e. The SMILES string of the molecule is CCCNC(=O)CN=C(N)Nc1ccc2c(c1)CCC2.I. The van der Waals surface area contributed by atoms with Crippen LogP contribution in [-0.4, -0.2) is 25.0 Å². The molecule has 0 aromatic heterocycles. The molecule has 0 saturated carbocycles. The zero-order chi connectivity index (χ0) is 14.4. The Bertz CT molecular complexity index is 516. The van der Waals surface area contributed by atoms with Gasteiger partial charge >= 0.3 is 0 Å². The molecule has 1 aliphatic carbocycles. The number of nitrogens with zero attached hydrogens (tertiary/aromatic N) is 1. The van der Waals surface area contributed by atoms with Gasteiger partial charge in [-0.15, -0.1) is 24.0 Å². The van der Waals surface area contributed by atoms with Gasteiger partial charge in [0.1, 0.15) is 6.54 Å². The van der Waals surface area contributed by atoms with Gasteiger partial charge in [0.15, 0.2) is 5.96 Å². The summed E-state index contributed by atoms with van der Waals surface area (Å²) in [5, 5.41) is 5.79. The molecule has 0 atom stereocenters. The smallest absolute Gasteiger partial charge is 0.241 e. The van der Waals surface area contributed by atoms with Crippen LogP contribution in [0.25, 0.3) is 0 Å². The Hall–Kier alpha value is -1.31. The molecule has 0 aliphatic heterocycles. The van der Waals surface area contributed by atoms with Crippen LogP contribution in [0.3, 0.4) is 0 Å². The molecule has 1 aromatic carbocycles. The number of fused-ring (bicyclic) bond motifs is 1. The van der Waals surface area contributed by atoms with E-state index >= 15 is 0 Å². The Morgan fingerprint density at radius 3 is 2.86 bits per heavy atom. The van der Waals surface area contributed by atoms with E-state index in [0.717, 1.165) is 24.9 Å². The van der Waals surface area contributed by atoms with Gasteiger partial charge in [-0.1, -0.05) is 13.0 Å². The monoisotopic (exact) mass is 402 g/mol. The van der Waals surface area contributed by atoms with Crippen molar-refractivity contribution in [2.24, 2.45) is 10.7 Å². The lowest BCUT2D eigenvalue weighted by Crippen LogP contribution is -2.29. The van der Waals surface area contributed by atoms with Crippen molar-refractivity contribution in [3.63, 3.8) is 0 Å². The van der Waals surface area contributed by atoms with Crippen LogP contribution in [0, 0.1) is 0 Å². The fraction of sp³-hybridized carbons (Fsp3) is 0.467. The van der Waals surface area contributed by atoms with Crippen molar-refractivity contribution < 1.29 is 4.79 Å². The van der Waals surface area contributed by atoms with Gasteiger partial charge in [0, 0.05) is 12.2 Å². The first-order valence-electron chi connectivity index (χ1n) is 7.14. The van der Waals surface area contributed by atoms with Gasteiger partial charge in [-0.3, -0.25) is 4.79 Å². The van der Waals surface area contributed by atoms with Crippen LogP contribution >= 0.6 is 24.0 Å². The summed E-state index contributed by atoms with van der Waals surface area (Å²) in [5.41, 5.74) is 9.52. The summed E-state index contributed by atoms with van der Waals surface area (Å²) in [7, 11) is 0. The number of nitrogens with two attached hydrogens (primary N) is 1. The second kappa shape index (κ2) is 8.86. The summed E-state index contributed by atoms with van der Waals surface area (Å²) < 4.78 is 0. The maximum Gasteiger partial charge on any atom is 0.241 e. The molecule has 4 N–H and O–H groups in total. The average molecular weight is 402 g/mol. The Balaban J connectivity index is 0.00000220. The number of aliphatic imine (C=N–C) groups is 1. The standard InChI is InChI=1S/C15H22N4O.HI/c1-2-8-17-14(20)10-18-15(16)19-13-7-6-11-4-3-5-12(11)9-13;/h6-7,9H,2-5,8,10H2,1H3,(H,17,20)(H3,16,18,19);1H. The van der Waals surface area contributed by atoms with Crippen LogP contribution in [0.15, 0.2) is 23.2 Å². The highest BCUT2D eigenvalue weighted by Gasteiger charge is 2.10. The van der Waals surface area contributed by atoms with Crippen LogP contribution < -0.4 is 16.4 Å². The molecule has 1 amide bonds. The molecule has 0 saturated heterocycles. The summed E-state index contributed by atoms with van der Waals surface area (Å²) in [6.07, 6.45) is 4.43. The third-order valence-electron chi connectivity index (χ3n) is 3.34. The fourth-order valence-corrected chi connectivity index (χ4v) is 2.31. The average Bonchev–Trinajstić information content (AvgIpc) is 2.90. The second-order valence-electron chi connectivity index (χ2n) is 5.01. The molecular weight excluding hydrogens is 379 g/mol. The van der Waals surface area contributed by atoms with Crippen LogP contribution in [0.5, 0.6) is 0 Å². The predicted molar refractivity (Wildman–Crippen MR) is 97.3 cm³/mol. The molecular formula is C15H23IN4O. The van der Waals surface area contributed by atoms with Crippen LogP contribution in [-0.2, 0) is 17.6 Å². The fourth-order valence-electron chi connectivity index (χ4n) is 2.31. The van der Waals surface area contributed by atoms with Gasteiger partial charge in [0.25, 0.3) is 0 Å². The molecule has 116 valence electrons. The van der Waals surface area contributed by atoms with Gasteiger partial charge in [-0.05, 0) is 48.9 Å². The quantitative estimate of drug-likeness (QED) is 0.401. The summed E-state index contributed by atoms with van der Waals surface area (Å²) in [5.74, 6) is 0.167.